The molecule has 6 heteroatoms. The molecule has 126 valence electrons. The number of nitrogens with zero attached hydrogens (tertiary/aromatic N) is 4. The molecule has 0 aliphatic carbocycles. The first kappa shape index (κ1) is 15.2. The number of aromatic amines is 1. The summed E-state index contributed by atoms with van der Waals surface area (Å²) < 4.78 is 0. The highest BCUT2D eigenvalue weighted by Crippen LogP contribution is 2.37. The third-order valence-electron chi connectivity index (χ3n) is 5.53. The molecule has 2 atom stereocenters. The van der Waals surface area contributed by atoms with Crippen molar-refractivity contribution in [3.63, 3.8) is 0 Å². The molecule has 1 amide bonds. The maximum absolute atomic E-state index is 12.0. The van der Waals surface area contributed by atoms with Crippen molar-refractivity contribution >= 4 is 22.8 Å². The molecule has 0 aromatic carbocycles. The molecule has 1 N–H and O–H groups in total. The van der Waals surface area contributed by atoms with E-state index in [0.717, 1.165) is 55.7 Å². The van der Waals surface area contributed by atoms with Crippen molar-refractivity contribution in [2.75, 3.05) is 24.5 Å². The van der Waals surface area contributed by atoms with Gasteiger partial charge in [0.15, 0.2) is 0 Å². The van der Waals surface area contributed by atoms with Gasteiger partial charge < -0.3 is 14.8 Å². The Morgan fingerprint density at radius 3 is 3.04 bits per heavy atom. The van der Waals surface area contributed by atoms with E-state index < -0.39 is 0 Å². The smallest absolute Gasteiger partial charge is 0.246 e. The lowest BCUT2D eigenvalue weighted by Crippen LogP contribution is -2.50. The average Bonchev–Trinajstić information content (AvgIpc) is 3.24. The minimum atomic E-state index is 0.0315. The maximum Gasteiger partial charge on any atom is 0.246 e. The molecule has 6 nitrogen and oxygen atoms in total. The number of carbonyl (C=O) groups excluding carboxylic acids is 1. The number of piperidine rings is 1. The Bertz CT molecular complexity index is 783. The molecule has 2 fully saturated rings. The predicted octanol–water partition coefficient (Wildman–Crippen LogP) is 2.13. The Labute approximate surface area is 141 Å². The van der Waals surface area contributed by atoms with Crippen LogP contribution >= 0.6 is 0 Å². The van der Waals surface area contributed by atoms with Crippen molar-refractivity contribution in [2.24, 2.45) is 5.92 Å². The highest BCUT2D eigenvalue weighted by atomic mass is 16.2. The summed E-state index contributed by atoms with van der Waals surface area (Å²) in [5, 5.41) is 1.13. The third-order valence-corrected chi connectivity index (χ3v) is 5.53. The minimum absolute atomic E-state index is 0.0315. The molecule has 0 spiro atoms. The quantitative estimate of drug-likeness (QED) is 0.878. The van der Waals surface area contributed by atoms with Crippen LogP contribution in [0, 0.1) is 5.92 Å². The second kappa shape index (κ2) is 5.92. The molecule has 2 unspecified atom stereocenters. The van der Waals surface area contributed by atoms with Gasteiger partial charge in [0.05, 0.1) is 11.4 Å². The molecule has 0 radical (unpaired) electrons. The highest BCUT2D eigenvalue weighted by Gasteiger charge is 2.40. The molecule has 2 aromatic rings. The molecule has 2 aliphatic rings. The van der Waals surface area contributed by atoms with Gasteiger partial charge in [0, 0.05) is 25.8 Å². The van der Waals surface area contributed by atoms with Crippen LogP contribution in [-0.2, 0) is 11.2 Å². The fourth-order valence-electron chi connectivity index (χ4n) is 4.24. The first-order valence-corrected chi connectivity index (χ1v) is 8.71. The summed E-state index contributed by atoms with van der Waals surface area (Å²) in [5.41, 5.74) is 2.15. The van der Waals surface area contributed by atoms with Gasteiger partial charge in [0.2, 0.25) is 5.91 Å². The van der Waals surface area contributed by atoms with E-state index in [9.17, 15) is 4.79 Å². The Morgan fingerprint density at radius 1 is 1.42 bits per heavy atom. The molecule has 2 saturated heterocycles. The minimum Gasteiger partial charge on any atom is -0.351 e. The van der Waals surface area contributed by atoms with E-state index in [2.05, 4.69) is 33.4 Å². The van der Waals surface area contributed by atoms with E-state index in [-0.39, 0.29) is 5.91 Å². The molecule has 4 rings (SSSR count). The number of anilines is 1. The second-order valence-electron chi connectivity index (χ2n) is 6.67. The average molecular weight is 325 g/mol. The van der Waals surface area contributed by atoms with E-state index in [1.165, 1.54) is 11.6 Å². The number of fused-ring (bicyclic) bond motifs is 2. The van der Waals surface area contributed by atoms with Gasteiger partial charge in [-0.15, -0.1) is 0 Å². The summed E-state index contributed by atoms with van der Waals surface area (Å²) in [6.45, 7) is 8.36. The summed E-state index contributed by atoms with van der Waals surface area (Å²) in [6.07, 6.45) is 8.26. The Balaban J connectivity index is 1.71. The van der Waals surface area contributed by atoms with Crippen molar-refractivity contribution in [2.45, 2.75) is 32.2 Å². The van der Waals surface area contributed by atoms with Crippen LogP contribution < -0.4 is 4.90 Å². The highest BCUT2D eigenvalue weighted by molar-refractivity contribution is 5.91. The lowest BCUT2D eigenvalue weighted by atomic mass is 9.92. The SMILES string of the molecule is C=CC(=O)N1CCC2CCN(c3ncnc4[nH]cc(CC)c34)C2C1. The second-order valence-corrected chi connectivity index (χ2v) is 6.67. The number of likely N-dealkylation sites (tertiary alicyclic amines) is 1. The van der Waals surface area contributed by atoms with Gasteiger partial charge in [-0.05, 0) is 36.8 Å². The fourth-order valence-corrected chi connectivity index (χ4v) is 4.24. The number of hydrogen-bond donors (Lipinski definition) is 1. The van der Waals surface area contributed by atoms with E-state index in [1.807, 2.05) is 11.1 Å². The van der Waals surface area contributed by atoms with E-state index >= 15 is 0 Å². The lowest BCUT2D eigenvalue weighted by Gasteiger charge is -2.38. The number of rotatable bonds is 3. The molecule has 2 aliphatic heterocycles. The number of H-pyrrole nitrogens is 1. The van der Waals surface area contributed by atoms with Crippen LogP contribution in [0.5, 0.6) is 0 Å². The summed E-state index contributed by atoms with van der Waals surface area (Å²) in [5.74, 6) is 1.68. The van der Waals surface area contributed by atoms with Gasteiger partial charge in [-0.3, -0.25) is 4.79 Å². The van der Waals surface area contributed by atoms with Crippen molar-refractivity contribution in [3.8, 4) is 0 Å². The monoisotopic (exact) mass is 325 g/mol. The number of nitrogens with one attached hydrogen (secondary N) is 1. The molecule has 4 heterocycles. The zero-order chi connectivity index (χ0) is 16.7. The van der Waals surface area contributed by atoms with E-state index in [0.29, 0.717) is 12.0 Å². The predicted molar refractivity (Wildman–Crippen MR) is 93.9 cm³/mol. The van der Waals surface area contributed by atoms with Crippen LogP contribution in [0.25, 0.3) is 11.0 Å². The summed E-state index contributed by atoms with van der Waals surface area (Å²) >= 11 is 0. The van der Waals surface area contributed by atoms with Crippen LogP contribution in [0.4, 0.5) is 5.82 Å². The Kier molecular flexibility index (Phi) is 3.75. The molecular formula is C18H23N5O. The summed E-state index contributed by atoms with van der Waals surface area (Å²) in [6, 6.07) is 0.334. The van der Waals surface area contributed by atoms with Crippen LogP contribution in [0.1, 0.15) is 25.3 Å². The molecular weight excluding hydrogens is 302 g/mol. The topological polar surface area (TPSA) is 65.1 Å². The van der Waals surface area contributed by atoms with Crippen LogP contribution in [-0.4, -0.2) is 51.4 Å². The van der Waals surface area contributed by atoms with Crippen LogP contribution in [0.2, 0.25) is 0 Å². The largest absolute Gasteiger partial charge is 0.351 e. The van der Waals surface area contributed by atoms with Gasteiger partial charge in [-0.1, -0.05) is 13.5 Å². The van der Waals surface area contributed by atoms with Gasteiger partial charge in [0.25, 0.3) is 0 Å². The number of amides is 1. The van der Waals surface area contributed by atoms with Crippen molar-refractivity contribution in [3.05, 3.63) is 30.7 Å². The van der Waals surface area contributed by atoms with E-state index in [1.54, 1.807) is 6.33 Å². The molecule has 0 bridgehead atoms. The standard InChI is InChI=1S/C18H23N5O/c1-3-12-9-19-17-16(12)18(21-11-20-17)23-8-6-13-5-7-22(10-14(13)23)15(24)4-2/h4,9,11,13-14H,2-3,5-8,10H2,1H3,(H,19,20,21). The van der Waals surface area contributed by atoms with Crippen molar-refractivity contribution in [1.29, 1.82) is 0 Å². The zero-order valence-electron chi connectivity index (χ0n) is 14.0. The Hall–Kier alpha value is -2.37. The van der Waals surface area contributed by atoms with Gasteiger partial charge in [-0.2, -0.15) is 0 Å². The summed E-state index contributed by atoms with van der Waals surface area (Å²) in [7, 11) is 0. The number of carbonyl (C=O) groups is 1. The van der Waals surface area contributed by atoms with Crippen LogP contribution in [0.15, 0.2) is 25.2 Å². The third kappa shape index (κ3) is 2.28. The number of aryl methyl sites for hydroxylation is 1. The maximum atomic E-state index is 12.0. The molecule has 24 heavy (non-hydrogen) atoms. The first-order chi connectivity index (χ1) is 11.7. The molecule has 0 saturated carbocycles. The fraction of sp³-hybridized carbons (Fsp3) is 0.500. The van der Waals surface area contributed by atoms with E-state index in [4.69, 9.17) is 0 Å². The Morgan fingerprint density at radius 2 is 2.25 bits per heavy atom. The zero-order valence-corrected chi connectivity index (χ0v) is 14.0. The van der Waals surface area contributed by atoms with Gasteiger partial charge in [0.1, 0.15) is 17.8 Å². The molecule has 2 aromatic heterocycles. The number of hydrogen-bond acceptors (Lipinski definition) is 4. The van der Waals surface area contributed by atoms with Gasteiger partial charge in [-0.25, -0.2) is 9.97 Å². The van der Waals surface area contributed by atoms with Crippen molar-refractivity contribution in [1.82, 2.24) is 19.9 Å². The normalized spacial score (nSPS) is 23.5. The van der Waals surface area contributed by atoms with Crippen LogP contribution in [0.3, 0.4) is 0 Å². The van der Waals surface area contributed by atoms with Gasteiger partial charge >= 0.3 is 0 Å². The first-order valence-electron chi connectivity index (χ1n) is 8.71. The summed E-state index contributed by atoms with van der Waals surface area (Å²) in [4.78, 5) is 28.6. The number of aromatic nitrogens is 3. The lowest BCUT2D eigenvalue weighted by molar-refractivity contribution is -0.127. The van der Waals surface area contributed by atoms with Crippen molar-refractivity contribution < 1.29 is 4.79 Å².